The number of nitrogens with one attached hydrogen (secondary N) is 1. The van der Waals surface area contributed by atoms with E-state index in [2.05, 4.69) is 44.4 Å². The van der Waals surface area contributed by atoms with E-state index in [9.17, 15) is 4.79 Å². The molecule has 5 heteroatoms. The Labute approximate surface area is 172 Å². The lowest BCUT2D eigenvalue weighted by Crippen LogP contribution is -2.46. The Morgan fingerprint density at radius 2 is 1.62 bits per heavy atom. The molecular formula is C24H26N4O. The first-order valence-corrected chi connectivity index (χ1v) is 10.0. The molecule has 1 aliphatic heterocycles. The molecule has 0 radical (unpaired) electrons. The van der Waals surface area contributed by atoms with Gasteiger partial charge in [0.25, 0.3) is 5.91 Å². The van der Waals surface area contributed by atoms with Gasteiger partial charge in [0.1, 0.15) is 5.82 Å². The molecule has 1 aliphatic rings. The van der Waals surface area contributed by atoms with Gasteiger partial charge in [0.15, 0.2) is 0 Å². The third-order valence-electron chi connectivity index (χ3n) is 5.59. The van der Waals surface area contributed by atoms with E-state index < -0.39 is 0 Å². The number of carbonyl (C=O) groups excluding carboxylic acids is 1. The molecule has 2 heterocycles. The highest BCUT2D eigenvalue weighted by atomic mass is 16.1. The second-order valence-electron chi connectivity index (χ2n) is 7.41. The molecule has 0 saturated carbocycles. The third kappa shape index (κ3) is 4.24. The van der Waals surface area contributed by atoms with Crippen LogP contribution in [0.4, 0.5) is 17.2 Å². The molecule has 0 aliphatic carbocycles. The van der Waals surface area contributed by atoms with Crippen LogP contribution >= 0.6 is 0 Å². The largest absolute Gasteiger partial charge is 0.368 e. The van der Waals surface area contributed by atoms with Gasteiger partial charge in [-0.05, 0) is 55.3 Å². The summed E-state index contributed by atoms with van der Waals surface area (Å²) in [6.07, 6.45) is 1.72. The molecule has 1 aromatic heterocycles. The summed E-state index contributed by atoms with van der Waals surface area (Å²) >= 11 is 0. The van der Waals surface area contributed by atoms with Crippen molar-refractivity contribution in [1.82, 2.24) is 4.98 Å². The molecule has 1 saturated heterocycles. The normalized spacial score (nSPS) is 14.0. The Morgan fingerprint density at radius 3 is 2.38 bits per heavy atom. The fraction of sp³-hybridized carbons (Fsp3) is 0.250. The summed E-state index contributed by atoms with van der Waals surface area (Å²) in [6.45, 7) is 7.70. The van der Waals surface area contributed by atoms with Crippen molar-refractivity contribution in [2.75, 3.05) is 41.3 Å². The molecule has 2 aromatic carbocycles. The minimum atomic E-state index is -0.106. The van der Waals surface area contributed by atoms with Crippen molar-refractivity contribution in [3.63, 3.8) is 0 Å². The van der Waals surface area contributed by atoms with Crippen LogP contribution in [0.15, 0.2) is 66.9 Å². The van der Waals surface area contributed by atoms with Crippen LogP contribution in [-0.2, 0) is 0 Å². The topological polar surface area (TPSA) is 48.5 Å². The third-order valence-corrected chi connectivity index (χ3v) is 5.59. The first kappa shape index (κ1) is 19.0. The summed E-state index contributed by atoms with van der Waals surface area (Å²) in [5.41, 5.74) is 4.98. The van der Waals surface area contributed by atoms with E-state index in [1.807, 2.05) is 44.2 Å². The van der Waals surface area contributed by atoms with Crippen LogP contribution in [0.3, 0.4) is 0 Å². The van der Waals surface area contributed by atoms with Gasteiger partial charge in [-0.2, -0.15) is 0 Å². The van der Waals surface area contributed by atoms with E-state index in [-0.39, 0.29) is 5.91 Å². The summed E-state index contributed by atoms with van der Waals surface area (Å²) in [5, 5.41) is 3.03. The fourth-order valence-corrected chi connectivity index (χ4v) is 3.65. The van der Waals surface area contributed by atoms with Gasteiger partial charge in [0, 0.05) is 49.3 Å². The van der Waals surface area contributed by atoms with Gasteiger partial charge in [0.05, 0.1) is 0 Å². The maximum absolute atomic E-state index is 12.8. The number of hydrogen-bond donors (Lipinski definition) is 1. The molecular weight excluding hydrogens is 360 g/mol. The van der Waals surface area contributed by atoms with E-state index >= 15 is 0 Å². The second kappa shape index (κ2) is 8.35. The number of carbonyl (C=O) groups is 1. The number of nitrogens with zero attached hydrogens (tertiary/aromatic N) is 3. The molecule has 1 N–H and O–H groups in total. The smallest absolute Gasteiger partial charge is 0.255 e. The summed E-state index contributed by atoms with van der Waals surface area (Å²) in [7, 11) is 0. The Kier molecular flexibility index (Phi) is 5.47. The maximum atomic E-state index is 12.8. The van der Waals surface area contributed by atoms with Gasteiger partial charge in [-0.1, -0.05) is 30.3 Å². The van der Waals surface area contributed by atoms with Crippen molar-refractivity contribution in [1.29, 1.82) is 0 Å². The summed E-state index contributed by atoms with van der Waals surface area (Å²) in [4.78, 5) is 21.9. The molecule has 148 valence electrons. The number of benzene rings is 2. The molecule has 5 nitrogen and oxygen atoms in total. The van der Waals surface area contributed by atoms with Crippen LogP contribution < -0.4 is 15.1 Å². The summed E-state index contributed by atoms with van der Waals surface area (Å²) in [5.74, 6) is 0.747. The van der Waals surface area contributed by atoms with Crippen molar-refractivity contribution >= 4 is 23.1 Å². The van der Waals surface area contributed by atoms with Gasteiger partial charge < -0.3 is 15.1 Å². The predicted octanol–water partition coefficient (Wildman–Crippen LogP) is 4.28. The van der Waals surface area contributed by atoms with Gasteiger partial charge in [0.2, 0.25) is 0 Å². The number of pyridine rings is 1. The van der Waals surface area contributed by atoms with E-state index in [1.54, 1.807) is 12.3 Å². The molecule has 3 aromatic rings. The van der Waals surface area contributed by atoms with Crippen molar-refractivity contribution < 1.29 is 4.79 Å². The quantitative estimate of drug-likeness (QED) is 0.727. The molecule has 0 unspecified atom stereocenters. The molecule has 29 heavy (non-hydrogen) atoms. The van der Waals surface area contributed by atoms with Crippen LogP contribution in [0.2, 0.25) is 0 Å². The Balaban J connectivity index is 1.44. The van der Waals surface area contributed by atoms with Crippen molar-refractivity contribution in [3.05, 3.63) is 83.6 Å². The van der Waals surface area contributed by atoms with Gasteiger partial charge in [-0.25, -0.2) is 4.98 Å². The molecule has 0 atom stereocenters. The Bertz CT molecular complexity index is 995. The zero-order chi connectivity index (χ0) is 20.2. The lowest BCUT2D eigenvalue weighted by molar-refractivity contribution is 0.102. The standard InChI is InChI=1S/C24H26N4O/c1-18-7-6-10-22(19(18)2)26-24(29)20-11-12-25-23(17-20)28-15-13-27(14-16-28)21-8-4-3-5-9-21/h3-12,17H,13-16H2,1-2H3,(H,26,29). The zero-order valence-electron chi connectivity index (χ0n) is 16.9. The fourth-order valence-electron chi connectivity index (χ4n) is 3.65. The number of rotatable bonds is 4. The monoisotopic (exact) mass is 386 g/mol. The number of hydrogen-bond acceptors (Lipinski definition) is 4. The minimum absolute atomic E-state index is 0.106. The van der Waals surface area contributed by atoms with Crippen LogP contribution in [0, 0.1) is 13.8 Å². The number of piperazine rings is 1. The zero-order valence-corrected chi connectivity index (χ0v) is 16.9. The van der Waals surface area contributed by atoms with Crippen molar-refractivity contribution in [2.24, 2.45) is 0 Å². The minimum Gasteiger partial charge on any atom is -0.368 e. The molecule has 1 amide bonds. The Hall–Kier alpha value is -3.34. The average Bonchev–Trinajstić information content (AvgIpc) is 2.78. The molecule has 4 rings (SSSR count). The summed E-state index contributed by atoms with van der Waals surface area (Å²) in [6, 6.07) is 20.1. The first-order valence-electron chi connectivity index (χ1n) is 10.0. The van der Waals surface area contributed by atoms with E-state index in [0.717, 1.165) is 48.8 Å². The van der Waals surface area contributed by atoms with Gasteiger partial charge in [-0.3, -0.25) is 4.79 Å². The first-order chi connectivity index (χ1) is 14.1. The number of aryl methyl sites for hydroxylation is 1. The highest BCUT2D eigenvalue weighted by Crippen LogP contribution is 2.22. The predicted molar refractivity (Wildman–Crippen MR) is 119 cm³/mol. The van der Waals surface area contributed by atoms with E-state index in [4.69, 9.17) is 0 Å². The number of amides is 1. The van der Waals surface area contributed by atoms with Gasteiger partial charge in [-0.15, -0.1) is 0 Å². The van der Waals surface area contributed by atoms with Crippen molar-refractivity contribution in [3.8, 4) is 0 Å². The second-order valence-corrected chi connectivity index (χ2v) is 7.41. The van der Waals surface area contributed by atoms with Crippen LogP contribution in [-0.4, -0.2) is 37.1 Å². The van der Waals surface area contributed by atoms with Crippen LogP contribution in [0.25, 0.3) is 0 Å². The lowest BCUT2D eigenvalue weighted by atomic mass is 10.1. The van der Waals surface area contributed by atoms with Gasteiger partial charge >= 0.3 is 0 Å². The van der Waals surface area contributed by atoms with Crippen LogP contribution in [0.1, 0.15) is 21.5 Å². The number of para-hydroxylation sites is 1. The highest BCUT2D eigenvalue weighted by Gasteiger charge is 2.19. The summed E-state index contributed by atoms with van der Waals surface area (Å²) < 4.78 is 0. The number of anilines is 3. The molecule has 0 spiro atoms. The van der Waals surface area contributed by atoms with E-state index in [1.165, 1.54) is 5.69 Å². The highest BCUT2D eigenvalue weighted by molar-refractivity contribution is 6.05. The maximum Gasteiger partial charge on any atom is 0.255 e. The average molecular weight is 386 g/mol. The van der Waals surface area contributed by atoms with Crippen molar-refractivity contribution in [2.45, 2.75) is 13.8 Å². The Morgan fingerprint density at radius 1 is 0.897 bits per heavy atom. The SMILES string of the molecule is Cc1cccc(NC(=O)c2ccnc(N3CCN(c4ccccc4)CC3)c2)c1C. The molecule has 1 fully saturated rings. The number of aromatic nitrogens is 1. The van der Waals surface area contributed by atoms with E-state index in [0.29, 0.717) is 5.56 Å². The lowest BCUT2D eigenvalue weighted by Gasteiger charge is -2.36. The van der Waals surface area contributed by atoms with Crippen LogP contribution in [0.5, 0.6) is 0 Å². The molecule has 0 bridgehead atoms.